The number of hydrogen-bond donors (Lipinski definition) is 1. The molecule has 1 N–H and O–H groups in total. The van der Waals surface area contributed by atoms with Crippen molar-refractivity contribution in [2.45, 2.75) is 19.9 Å². The van der Waals surface area contributed by atoms with Crippen LogP contribution in [0.5, 0.6) is 0 Å². The van der Waals surface area contributed by atoms with Gasteiger partial charge in [-0.1, -0.05) is 35.3 Å². The van der Waals surface area contributed by atoms with Crippen molar-refractivity contribution in [1.29, 1.82) is 0 Å². The second-order valence-corrected chi connectivity index (χ2v) is 5.63. The summed E-state index contributed by atoms with van der Waals surface area (Å²) < 4.78 is 14.1. The van der Waals surface area contributed by atoms with E-state index in [-0.39, 0.29) is 11.9 Å². The van der Waals surface area contributed by atoms with Crippen LogP contribution in [0.3, 0.4) is 0 Å². The summed E-state index contributed by atoms with van der Waals surface area (Å²) in [7, 11) is 1.79. The predicted octanol–water partition coefficient (Wildman–Crippen LogP) is 5.06. The highest BCUT2D eigenvalue weighted by molar-refractivity contribution is 6.31. The molecule has 0 aliphatic rings. The van der Waals surface area contributed by atoms with Gasteiger partial charge in [-0.3, -0.25) is 0 Å². The molecule has 2 aromatic carbocycles. The molecule has 0 fully saturated rings. The molecule has 1 atom stereocenters. The summed E-state index contributed by atoms with van der Waals surface area (Å²) in [6.07, 6.45) is 0. The summed E-state index contributed by atoms with van der Waals surface area (Å²) in [5.41, 5.74) is 3.39. The third kappa shape index (κ3) is 2.83. The average Bonchev–Trinajstić information content (AvgIpc) is 2.39. The molecule has 0 saturated carbocycles. The molecule has 1 unspecified atom stereocenters. The average molecular weight is 312 g/mol. The summed E-state index contributed by atoms with van der Waals surface area (Å²) in [6, 6.07) is 8.28. The van der Waals surface area contributed by atoms with Crippen LogP contribution in [0, 0.1) is 19.7 Å². The third-order valence-electron chi connectivity index (χ3n) is 3.44. The molecule has 0 radical (unpaired) electrons. The summed E-state index contributed by atoms with van der Waals surface area (Å²) in [6.45, 7) is 3.89. The summed E-state index contributed by atoms with van der Waals surface area (Å²) in [4.78, 5) is 0. The Morgan fingerprint density at radius 2 is 1.75 bits per heavy atom. The molecule has 20 heavy (non-hydrogen) atoms. The van der Waals surface area contributed by atoms with Crippen LogP contribution in [0.1, 0.15) is 28.3 Å². The van der Waals surface area contributed by atoms with Crippen LogP contribution in [-0.4, -0.2) is 7.05 Å². The summed E-state index contributed by atoms with van der Waals surface area (Å²) in [5, 5.41) is 4.26. The third-order valence-corrected chi connectivity index (χ3v) is 4.17. The lowest BCUT2D eigenvalue weighted by Gasteiger charge is -2.22. The van der Waals surface area contributed by atoms with Crippen LogP contribution < -0.4 is 5.32 Å². The summed E-state index contributed by atoms with van der Waals surface area (Å²) >= 11 is 12.3. The zero-order valence-corrected chi connectivity index (χ0v) is 13.1. The van der Waals surface area contributed by atoms with E-state index in [1.165, 1.54) is 6.07 Å². The van der Waals surface area contributed by atoms with Crippen molar-refractivity contribution < 1.29 is 4.39 Å². The highest BCUT2D eigenvalue weighted by Gasteiger charge is 2.21. The molecule has 0 aliphatic heterocycles. The highest BCUT2D eigenvalue weighted by Crippen LogP contribution is 2.33. The largest absolute Gasteiger partial charge is 0.309 e. The molecule has 106 valence electrons. The van der Waals surface area contributed by atoms with E-state index in [0.29, 0.717) is 15.6 Å². The fourth-order valence-corrected chi connectivity index (χ4v) is 2.85. The molecule has 0 heterocycles. The molecule has 0 bridgehead atoms. The van der Waals surface area contributed by atoms with Crippen LogP contribution in [0.25, 0.3) is 0 Å². The van der Waals surface area contributed by atoms with Crippen molar-refractivity contribution in [2.24, 2.45) is 0 Å². The van der Waals surface area contributed by atoms with Crippen LogP contribution in [-0.2, 0) is 0 Å². The molecule has 0 aromatic heterocycles. The lowest BCUT2D eigenvalue weighted by molar-refractivity contribution is 0.575. The lowest BCUT2D eigenvalue weighted by Crippen LogP contribution is -2.20. The van der Waals surface area contributed by atoms with Crippen molar-refractivity contribution in [1.82, 2.24) is 5.32 Å². The molecule has 1 nitrogen and oxygen atoms in total. The minimum absolute atomic E-state index is 0.306. The molecular formula is C16H16Cl2FN. The van der Waals surface area contributed by atoms with E-state index in [1.54, 1.807) is 19.2 Å². The van der Waals surface area contributed by atoms with Crippen molar-refractivity contribution in [2.75, 3.05) is 7.05 Å². The smallest absolute Gasteiger partial charge is 0.129 e. The van der Waals surface area contributed by atoms with E-state index in [1.807, 2.05) is 26.0 Å². The zero-order valence-electron chi connectivity index (χ0n) is 11.6. The van der Waals surface area contributed by atoms with E-state index in [9.17, 15) is 4.39 Å². The van der Waals surface area contributed by atoms with E-state index in [0.717, 1.165) is 16.7 Å². The van der Waals surface area contributed by atoms with E-state index in [4.69, 9.17) is 23.2 Å². The summed E-state index contributed by atoms with van der Waals surface area (Å²) in [5.74, 6) is -0.316. The fourth-order valence-electron chi connectivity index (χ4n) is 2.36. The van der Waals surface area contributed by atoms with Crippen LogP contribution >= 0.6 is 23.2 Å². The number of aryl methyl sites for hydroxylation is 2. The highest BCUT2D eigenvalue weighted by atomic mass is 35.5. The van der Waals surface area contributed by atoms with Gasteiger partial charge in [-0.05, 0) is 55.8 Å². The predicted molar refractivity (Wildman–Crippen MR) is 83.2 cm³/mol. The Bertz CT molecular complexity index is 620. The Labute approximate surface area is 128 Å². The monoisotopic (exact) mass is 311 g/mol. The maximum atomic E-state index is 14.1. The molecular weight excluding hydrogens is 296 g/mol. The number of hydrogen-bond acceptors (Lipinski definition) is 1. The number of nitrogens with one attached hydrogen (secondary N) is 1. The molecule has 0 amide bonds. The van der Waals surface area contributed by atoms with Gasteiger partial charge >= 0.3 is 0 Å². The van der Waals surface area contributed by atoms with Gasteiger partial charge < -0.3 is 5.32 Å². The first kappa shape index (κ1) is 15.3. The molecule has 0 saturated heterocycles. The van der Waals surface area contributed by atoms with Gasteiger partial charge in [-0.2, -0.15) is 0 Å². The van der Waals surface area contributed by atoms with Gasteiger partial charge in [0.15, 0.2) is 0 Å². The number of halogens is 3. The van der Waals surface area contributed by atoms with E-state index in [2.05, 4.69) is 5.32 Å². The Kier molecular flexibility index (Phi) is 4.69. The molecule has 4 heteroatoms. The van der Waals surface area contributed by atoms with Gasteiger partial charge in [0.25, 0.3) is 0 Å². The van der Waals surface area contributed by atoms with E-state index >= 15 is 0 Å². The van der Waals surface area contributed by atoms with Gasteiger partial charge in [0, 0.05) is 15.6 Å². The first-order chi connectivity index (χ1) is 9.45. The van der Waals surface area contributed by atoms with Gasteiger partial charge in [0.1, 0.15) is 5.82 Å². The van der Waals surface area contributed by atoms with Crippen LogP contribution in [0.2, 0.25) is 10.0 Å². The molecule has 2 aromatic rings. The number of rotatable bonds is 3. The van der Waals surface area contributed by atoms with Crippen molar-refractivity contribution in [3.05, 3.63) is 68.4 Å². The van der Waals surface area contributed by atoms with Crippen LogP contribution in [0.15, 0.2) is 30.3 Å². The second-order valence-electron chi connectivity index (χ2n) is 4.82. The fraction of sp³-hybridized carbons (Fsp3) is 0.250. The Balaban J connectivity index is 2.62. The van der Waals surface area contributed by atoms with Gasteiger partial charge in [0.2, 0.25) is 0 Å². The normalized spacial score (nSPS) is 12.5. The molecule has 0 aliphatic carbocycles. The van der Waals surface area contributed by atoms with Gasteiger partial charge in [-0.25, -0.2) is 4.39 Å². The standard InChI is InChI=1S/C16H16Cl2FN/c1-9-8-13(18)10(2)7-11(9)16(20-3)15-12(17)5-4-6-14(15)19/h4-8,16,20H,1-3H3. The number of benzene rings is 2. The second kappa shape index (κ2) is 6.13. The zero-order chi connectivity index (χ0) is 14.9. The maximum absolute atomic E-state index is 14.1. The Morgan fingerprint density at radius 1 is 1.05 bits per heavy atom. The quantitative estimate of drug-likeness (QED) is 0.835. The lowest BCUT2D eigenvalue weighted by atomic mass is 9.93. The SMILES string of the molecule is CNC(c1cc(C)c(Cl)cc1C)c1c(F)cccc1Cl. The topological polar surface area (TPSA) is 12.0 Å². The minimum Gasteiger partial charge on any atom is -0.309 e. The van der Waals surface area contributed by atoms with E-state index < -0.39 is 0 Å². The minimum atomic E-state index is -0.316. The van der Waals surface area contributed by atoms with Gasteiger partial charge in [0.05, 0.1) is 6.04 Å². The first-order valence-corrected chi connectivity index (χ1v) is 7.09. The Hall–Kier alpha value is -1.09. The van der Waals surface area contributed by atoms with Crippen LogP contribution in [0.4, 0.5) is 4.39 Å². The maximum Gasteiger partial charge on any atom is 0.129 e. The van der Waals surface area contributed by atoms with Crippen molar-refractivity contribution >= 4 is 23.2 Å². The van der Waals surface area contributed by atoms with Crippen molar-refractivity contribution in [3.8, 4) is 0 Å². The Morgan fingerprint density at radius 3 is 2.35 bits per heavy atom. The van der Waals surface area contributed by atoms with Crippen molar-refractivity contribution in [3.63, 3.8) is 0 Å². The van der Waals surface area contributed by atoms with Gasteiger partial charge in [-0.15, -0.1) is 0 Å². The molecule has 2 rings (SSSR count). The molecule has 0 spiro atoms. The first-order valence-electron chi connectivity index (χ1n) is 6.33.